The molecule has 0 bridgehead atoms. The van der Waals surface area contributed by atoms with E-state index >= 15 is 0 Å². The first-order valence-electron chi connectivity index (χ1n) is 11.8. The molecule has 1 saturated heterocycles. The van der Waals surface area contributed by atoms with Crippen molar-refractivity contribution in [3.8, 4) is 5.69 Å². The SMILES string of the molecule is CSc1ccc(NC(=O)C2CC23CCN(C(=O)c2cccc(-n4nc(C)cc4C)c2)CC3)cc1. The minimum Gasteiger partial charge on any atom is -0.339 e. The van der Waals surface area contributed by atoms with Gasteiger partial charge in [-0.1, -0.05) is 6.07 Å². The molecule has 1 N–H and O–H groups in total. The highest BCUT2D eigenvalue weighted by Crippen LogP contribution is 2.59. The van der Waals surface area contributed by atoms with Crippen LogP contribution in [-0.4, -0.2) is 45.8 Å². The van der Waals surface area contributed by atoms with Crippen molar-refractivity contribution in [1.29, 1.82) is 0 Å². The van der Waals surface area contributed by atoms with Gasteiger partial charge in [-0.25, -0.2) is 4.68 Å². The highest BCUT2D eigenvalue weighted by atomic mass is 32.2. The molecule has 1 saturated carbocycles. The Balaban J connectivity index is 1.19. The number of piperidine rings is 1. The second kappa shape index (κ2) is 8.95. The van der Waals surface area contributed by atoms with Gasteiger partial charge in [0, 0.05) is 40.8 Å². The maximum atomic E-state index is 13.2. The van der Waals surface area contributed by atoms with Gasteiger partial charge in [-0.3, -0.25) is 9.59 Å². The van der Waals surface area contributed by atoms with Crippen LogP contribution in [0.3, 0.4) is 0 Å². The maximum absolute atomic E-state index is 13.2. The molecule has 6 nitrogen and oxygen atoms in total. The molecule has 2 heterocycles. The molecule has 3 aromatic rings. The average Bonchev–Trinajstić information content (AvgIpc) is 3.44. The predicted molar refractivity (Wildman–Crippen MR) is 136 cm³/mol. The summed E-state index contributed by atoms with van der Waals surface area (Å²) in [7, 11) is 0. The number of aromatic nitrogens is 2. The van der Waals surface area contributed by atoms with Crippen molar-refractivity contribution in [1.82, 2.24) is 14.7 Å². The number of hydrogen-bond acceptors (Lipinski definition) is 4. The second-order valence-electron chi connectivity index (χ2n) is 9.52. The number of hydrogen-bond donors (Lipinski definition) is 1. The van der Waals surface area contributed by atoms with E-state index in [0.717, 1.165) is 42.0 Å². The van der Waals surface area contributed by atoms with Crippen LogP contribution in [0, 0.1) is 25.2 Å². The lowest BCUT2D eigenvalue weighted by atomic mass is 9.90. The van der Waals surface area contributed by atoms with E-state index in [2.05, 4.69) is 10.4 Å². The Morgan fingerprint density at radius 3 is 2.44 bits per heavy atom. The van der Waals surface area contributed by atoms with Gasteiger partial charge >= 0.3 is 0 Å². The number of nitrogens with zero attached hydrogens (tertiary/aromatic N) is 3. The number of rotatable bonds is 5. The Hall–Kier alpha value is -3.06. The first-order valence-corrected chi connectivity index (χ1v) is 13.0. The Bertz CT molecular complexity index is 1230. The van der Waals surface area contributed by atoms with Gasteiger partial charge in [0.2, 0.25) is 5.91 Å². The number of nitrogens with one attached hydrogen (secondary N) is 1. The van der Waals surface area contributed by atoms with Gasteiger partial charge in [0.05, 0.1) is 11.4 Å². The van der Waals surface area contributed by atoms with Crippen LogP contribution in [0.2, 0.25) is 0 Å². The van der Waals surface area contributed by atoms with E-state index in [9.17, 15) is 9.59 Å². The largest absolute Gasteiger partial charge is 0.339 e. The van der Waals surface area contributed by atoms with E-state index in [-0.39, 0.29) is 23.1 Å². The molecule has 2 amide bonds. The normalized spacial score (nSPS) is 18.7. The Morgan fingerprint density at radius 1 is 1.06 bits per heavy atom. The number of likely N-dealkylation sites (tertiary alicyclic amines) is 1. The molecule has 34 heavy (non-hydrogen) atoms. The first-order chi connectivity index (χ1) is 16.4. The number of benzene rings is 2. The number of carbonyl (C=O) groups is 2. The highest BCUT2D eigenvalue weighted by Gasteiger charge is 2.58. The van der Waals surface area contributed by atoms with Crippen LogP contribution < -0.4 is 5.32 Å². The van der Waals surface area contributed by atoms with Crippen LogP contribution >= 0.6 is 11.8 Å². The standard InChI is InChI=1S/C27H30N4O2S/c1-18-15-19(2)31(29-18)22-6-4-5-20(16-22)26(33)30-13-11-27(12-14-30)17-24(27)25(32)28-21-7-9-23(34-3)10-8-21/h4-10,15-16,24H,11-14,17H2,1-3H3,(H,28,32). The molecule has 0 radical (unpaired) electrons. The Kier molecular flexibility index (Phi) is 5.98. The lowest BCUT2D eigenvalue weighted by Crippen LogP contribution is -2.40. The van der Waals surface area contributed by atoms with E-state index in [1.807, 2.05) is 84.3 Å². The van der Waals surface area contributed by atoms with Crippen LogP contribution in [0.1, 0.15) is 41.0 Å². The lowest BCUT2D eigenvalue weighted by molar-refractivity contribution is -0.118. The number of amides is 2. The summed E-state index contributed by atoms with van der Waals surface area (Å²) in [5.74, 6) is 0.197. The summed E-state index contributed by atoms with van der Waals surface area (Å²) in [5, 5.41) is 7.61. The van der Waals surface area contributed by atoms with Crippen LogP contribution in [0.25, 0.3) is 5.69 Å². The molecule has 1 aromatic heterocycles. The fraction of sp³-hybridized carbons (Fsp3) is 0.370. The van der Waals surface area contributed by atoms with Gasteiger partial charge in [0.15, 0.2) is 0 Å². The number of anilines is 1. The van der Waals surface area contributed by atoms with E-state index in [1.54, 1.807) is 11.8 Å². The zero-order chi connectivity index (χ0) is 23.9. The van der Waals surface area contributed by atoms with Gasteiger partial charge in [0.25, 0.3) is 5.91 Å². The van der Waals surface area contributed by atoms with Gasteiger partial charge in [-0.05, 0) is 93.3 Å². The summed E-state index contributed by atoms with van der Waals surface area (Å²) >= 11 is 1.69. The van der Waals surface area contributed by atoms with E-state index in [1.165, 1.54) is 4.90 Å². The molecule has 1 unspecified atom stereocenters. The Labute approximate surface area is 204 Å². The van der Waals surface area contributed by atoms with E-state index < -0.39 is 0 Å². The number of thioether (sulfide) groups is 1. The van der Waals surface area contributed by atoms with Gasteiger partial charge < -0.3 is 10.2 Å². The van der Waals surface area contributed by atoms with Crippen molar-refractivity contribution >= 4 is 29.3 Å². The summed E-state index contributed by atoms with van der Waals surface area (Å²) < 4.78 is 1.87. The van der Waals surface area contributed by atoms with Crippen LogP contribution in [-0.2, 0) is 4.79 Å². The molecule has 1 aliphatic heterocycles. The third-order valence-electron chi connectivity index (χ3n) is 7.26. The van der Waals surface area contributed by atoms with Crippen LogP contribution in [0.15, 0.2) is 59.5 Å². The molecule has 176 valence electrons. The minimum atomic E-state index is 0.0411. The van der Waals surface area contributed by atoms with Crippen molar-refractivity contribution < 1.29 is 9.59 Å². The molecule has 1 spiro atoms. The van der Waals surface area contributed by atoms with Crippen molar-refractivity contribution in [2.24, 2.45) is 11.3 Å². The number of aryl methyl sites for hydroxylation is 2. The molecule has 1 atom stereocenters. The van der Waals surface area contributed by atoms with E-state index in [0.29, 0.717) is 18.7 Å². The zero-order valence-corrected chi connectivity index (χ0v) is 20.7. The number of carbonyl (C=O) groups excluding carboxylic acids is 2. The monoisotopic (exact) mass is 474 g/mol. The minimum absolute atomic E-state index is 0.0411. The van der Waals surface area contributed by atoms with Gasteiger partial charge in [-0.2, -0.15) is 5.10 Å². The lowest BCUT2D eigenvalue weighted by Gasteiger charge is -2.33. The van der Waals surface area contributed by atoms with Crippen molar-refractivity contribution in [3.63, 3.8) is 0 Å². The predicted octanol–water partition coefficient (Wildman–Crippen LogP) is 5.09. The average molecular weight is 475 g/mol. The third kappa shape index (κ3) is 4.37. The molecule has 2 fully saturated rings. The molecule has 2 aliphatic rings. The molecule has 1 aliphatic carbocycles. The van der Waals surface area contributed by atoms with Gasteiger partial charge in [0.1, 0.15) is 0 Å². The molecule has 5 rings (SSSR count). The van der Waals surface area contributed by atoms with Crippen LogP contribution in [0.4, 0.5) is 5.69 Å². The second-order valence-corrected chi connectivity index (χ2v) is 10.4. The molecule has 2 aromatic carbocycles. The fourth-order valence-corrected chi connectivity index (χ4v) is 5.58. The summed E-state index contributed by atoms with van der Waals surface area (Å²) in [6, 6.07) is 17.7. The quantitative estimate of drug-likeness (QED) is 0.523. The summed E-state index contributed by atoms with van der Waals surface area (Å²) in [6.45, 7) is 5.36. The van der Waals surface area contributed by atoms with Crippen molar-refractivity contribution in [3.05, 3.63) is 71.5 Å². The fourth-order valence-electron chi connectivity index (χ4n) is 5.17. The first kappa shape index (κ1) is 22.7. The third-order valence-corrected chi connectivity index (χ3v) is 8.00. The summed E-state index contributed by atoms with van der Waals surface area (Å²) in [4.78, 5) is 29.2. The molecular weight excluding hydrogens is 444 g/mol. The molecule has 7 heteroatoms. The summed E-state index contributed by atoms with van der Waals surface area (Å²) in [5.41, 5.74) is 4.47. The van der Waals surface area contributed by atoms with Gasteiger partial charge in [-0.15, -0.1) is 11.8 Å². The highest BCUT2D eigenvalue weighted by molar-refractivity contribution is 7.98. The van der Waals surface area contributed by atoms with Crippen LogP contribution in [0.5, 0.6) is 0 Å². The smallest absolute Gasteiger partial charge is 0.253 e. The summed E-state index contributed by atoms with van der Waals surface area (Å²) in [6.07, 6.45) is 4.70. The topological polar surface area (TPSA) is 67.2 Å². The molecular formula is C27H30N4O2S. The zero-order valence-electron chi connectivity index (χ0n) is 19.9. The maximum Gasteiger partial charge on any atom is 0.253 e. The Morgan fingerprint density at radius 2 is 1.79 bits per heavy atom. The van der Waals surface area contributed by atoms with E-state index in [4.69, 9.17) is 0 Å². The van der Waals surface area contributed by atoms with Crippen molar-refractivity contribution in [2.45, 2.75) is 38.0 Å². The van der Waals surface area contributed by atoms with Crippen molar-refractivity contribution in [2.75, 3.05) is 24.7 Å².